The summed E-state index contributed by atoms with van der Waals surface area (Å²) in [5.74, 6) is 0.275. The van der Waals surface area contributed by atoms with Gasteiger partial charge < -0.3 is 10.2 Å². The number of amides is 1. The van der Waals surface area contributed by atoms with Crippen molar-refractivity contribution >= 4 is 5.91 Å². The predicted molar refractivity (Wildman–Crippen MR) is 67.3 cm³/mol. The van der Waals surface area contributed by atoms with Crippen LogP contribution in [0, 0.1) is 5.41 Å². The van der Waals surface area contributed by atoms with Crippen molar-refractivity contribution in [2.24, 2.45) is 5.41 Å². The number of nitrogens with zero attached hydrogens (tertiary/aromatic N) is 1. The predicted octanol–water partition coefficient (Wildman–Crippen LogP) is 2.02. The van der Waals surface area contributed by atoms with Crippen molar-refractivity contribution in [1.29, 1.82) is 0 Å². The second kappa shape index (κ2) is 4.36. The third-order valence-electron chi connectivity index (χ3n) is 3.61. The highest BCUT2D eigenvalue weighted by atomic mass is 16.2. The van der Waals surface area contributed by atoms with Crippen molar-refractivity contribution in [3.63, 3.8) is 0 Å². The molecule has 1 rings (SSSR count). The highest BCUT2D eigenvalue weighted by molar-refractivity contribution is 5.83. The molecule has 0 radical (unpaired) electrons. The molecule has 1 heterocycles. The fraction of sp³-hybridized carbons (Fsp3) is 0.923. The zero-order chi connectivity index (χ0) is 12.6. The Labute approximate surface area is 99.6 Å². The van der Waals surface area contributed by atoms with Crippen molar-refractivity contribution < 1.29 is 4.79 Å². The molecule has 16 heavy (non-hydrogen) atoms. The molecule has 3 heteroatoms. The Bertz CT molecular complexity index is 271. The van der Waals surface area contributed by atoms with Gasteiger partial charge in [-0.1, -0.05) is 6.92 Å². The van der Waals surface area contributed by atoms with Gasteiger partial charge in [0, 0.05) is 24.7 Å². The molecule has 0 aromatic heterocycles. The fourth-order valence-corrected chi connectivity index (χ4v) is 2.42. The summed E-state index contributed by atoms with van der Waals surface area (Å²) in [6, 6.07) is 0.307. The van der Waals surface area contributed by atoms with E-state index < -0.39 is 0 Å². The first-order valence-corrected chi connectivity index (χ1v) is 6.27. The molecule has 3 nitrogen and oxygen atoms in total. The van der Waals surface area contributed by atoms with Crippen molar-refractivity contribution in [3.8, 4) is 0 Å². The highest BCUT2D eigenvalue weighted by Gasteiger charge is 2.43. The first-order chi connectivity index (χ1) is 7.22. The lowest BCUT2D eigenvalue weighted by Gasteiger charge is -2.43. The van der Waals surface area contributed by atoms with E-state index in [0.29, 0.717) is 6.04 Å². The van der Waals surface area contributed by atoms with Gasteiger partial charge in [-0.2, -0.15) is 0 Å². The zero-order valence-corrected chi connectivity index (χ0v) is 11.6. The van der Waals surface area contributed by atoms with Gasteiger partial charge in [0.1, 0.15) is 0 Å². The van der Waals surface area contributed by atoms with Crippen molar-refractivity contribution in [3.05, 3.63) is 0 Å². The van der Waals surface area contributed by atoms with E-state index in [1.54, 1.807) is 0 Å². The van der Waals surface area contributed by atoms with Gasteiger partial charge in [-0.25, -0.2) is 0 Å². The lowest BCUT2D eigenvalue weighted by molar-refractivity contribution is -0.146. The molecule has 1 atom stereocenters. The summed E-state index contributed by atoms with van der Waals surface area (Å²) < 4.78 is 0. The van der Waals surface area contributed by atoms with Crippen LogP contribution in [0.3, 0.4) is 0 Å². The minimum atomic E-state index is -0.294. The van der Waals surface area contributed by atoms with Gasteiger partial charge in [-0.15, -0.1) is 0 Å². The van der Waals surface area contributed by atoms with Crippen LogP contribution in [-0.2, 0) is 4.79 Å². The van der Waals surface area contributed by atoms with E-state index in [4.69, 9.17) is 0 Å². The molecular weight excluding hydrogens is 200 g/mol. The van der Waals surface area contributed by atoms with Crippen LogP contribution in [0.5, 0.6) is 0 Å². The molecule has 1 saturated heterocycles. The van der Waals surface area contributed by atoms with E-state index in [-0.39, 0.29) is 16.9 Å². The molecule has 0 aromatic rings. The summed E-state index contributed by atoms with van der Waals surface area (Å²) in [6.45, 7) is 14.3. The second-order valence-corrected chi connectivity index (χ2v) is 6.23. The van der Waals surface area contributed by atoms with Gasteiger partial charge >= 0.3 is 0 Å². The SMILES string of the molecule is CCC(C)N1C(=O)C(C)(C)CNCC1(C)C. The molecule has 94 valence electrons. The van der Waals surface area contributed by atoms with Crippen LogP contribution >= 0.6 is 0 Å². The Hall–Kier alpha value is -0.570. The third kappa shape index (κ3) is 2.40. The fourth-order valence-electron chi connectivity index (χ4n) is 2.42. The van der Waals surface area contributed by atoms with E-state index in [1.807, 2.05) is 13.8 Å². The van der Waals surface area contributed by atoms with E-state index in [0.717, 1.165) is 19.5 Å². The van der Waals surface area contributed by atoms with E-state index in [2.05, 4.69) is 37.9 Å². The normalized spacial score (nSPS) is 26.4. The first-order valence-electron chi connectivity index (χ1n) is 6.27. The molecule has 0 aliphatic carbocycles. The molecule has 1 aliphatic heterocycles. The number of hydrogen-bond donors (Lipinski definition) is 1. The smallest absolute Gasteiger partial charge is 0.230 e. The monoisotopic (exact) mass is 226 g/mol. The minimum Gasteiger partial charge on any atom is -0.333 e. The third-order valence-corrected chi connectivity index (χ3v) is 3.61. The topological polar surface area (TPSA) is 32.3 Å². The number of nitrogens with one attached hydrogen (secondary N) is 1. The van der Waals surface area contributed by atoms with Crippen LogP contribution in [0.15, 0.2) is 0 Å². The second-order valence-electron chi connectivity index (χ2n) is 6.23. The van der Waals surface area contributed by atoms with Gasteiger partial charge in [-0.05, 0) is 41.0 Å². The van der Waals surface area contributed by atoms with Gasteiger partial charge in [0.2, 0.25) is 5.91 Å². The number of carbonyl (C=O) groups is 1. The van der Waals surface area contributed by atoms with E-state index in [9.17, 15) is 4.79 Å². The molecule has 1 N–H and O–H groups in total. The quantitative estimate of drug-likeness (QED) is 0.781. The molecule has 1 fully saturated rings. The number of hydrogen-bond acceptors (Lipinski definition) is 2. The standard InChI is InChI=1S/C13H26N2O/c1-7-10(2)15-11(16)12(3,4)8-14-9-13(15,5)6/h10,14H,7-9H2,1-6H3. The Morgan fingerprint density at radius 2 is 1.88 bits per heavy atom. The number of rotatable bonds is 2. The van der Waals surface area contributed by atoms with Gasteiger partial charge in [0.15, 0.2) is 0 Å². The molecule has 0 bridgehead atoms. The Balaban J connectivity index is 3.08. The Morgan fingerprint density at radius 1 is 1.31 bits per heavy atom. The van der Waals surface area contributed by atoms with Gasteiger partial charge in [0.25, 0.3) is 0 Å². The molecular formula is C13H26N2O. The lowest BCUT2D eigenvalue weighted by Crippen LogP contribution is -2.56. The van der Waals surface area contributed by atoms with Gasteiger partial charge in [0.05, 0.1) is 5.41 Å². The Morgan fingerprint density at radius 3 is 2.38 bits per heavy atom. The van der Waals surface area contributed by atoms with Crippen LogP contribution in [0.4, 0.5) is 0 Å². The van der Waals surface area contributed by atoms with E-state index in [1.165, 1.54) is 0 Å². The minimum absolute atomic E-state index is 0.0969. The molecule has 0 spiro atoms. The Kier molecular flexibility index (Phi) is 3.68. The maximum Gasteiger partial charge on any atom is 0.230 e. The number of carbonyl (C=O) groups excluding carboxylic acids is 1. The average Bonchev–Trinajstić information content (AvgIpc) is 2.22. The highest BCUT2D eigenvalue weighted by Crippen LogP contribution is 2.29. The summed E-state index contributed by atoms with van der Waals surface area (Å²) in [7, 11) is 0. The summed E-state index contributed by atoms with van der Waals surface area (Å²) in [6.07, 6.45) is 1.01. The van der Waals surface area contributed by atoms with Crippen LogP contribution in [-0.4, -0.2) is 35.5 Å². The molecule has 0 saturated carbocycles. The molecule has 1 amide bonds. The zero-order valence-electron chi connectivity index (χ0n) is 11.6. The summed E-state index contributed by atoms with van der Waals surface area (Å²) in [5.41, 5.74) is -0.391. The molecule has 1 unspecified atom stereocenters. The van der Waals surface area contributed by atoms with Crippen molar-refractivity contribution in [1.82, 2.24) is 10.2 Å². The van der Waals surface area contributed by atoms with Crippen LogP contribution in [0.1, 0.15) is 48.0 Å². The van der Waals surface area contributed by atoms with Crippen molar-refractivity contribution in [2.75, 3.05) is 13.1 Å². The average molecular weight is 226 g/mol. The summed E-state index contributed by atoms with van der Waals surface area (Å²) in [5, 5.41) is 3.40. The molecule has 0 aromatic carbocycles. The summed E-state index contributed by atoms with van der Waals surface area (Å²) >= 11 is 0. The lowest BCUT2D eigenvalue weighted by atomic mass is 9.89. The van der Waals surface area contributed by atoms with Crippen LogP contribution < -0.4 is 5.32 Å². The maximum atomic E-state index is 12.6. The van der Waals surface area contributed by atoms with Crippen LogP contribution in [0.2, 0.25) is 0 Å². The first kappa shape index (κ1) is 13.5. The van der Waals surface area contributed by atoms with Crippen molar-refractivity contribution in [2.45, 2.75) is 59.5 Å². The summed E-state index contributed by atoms with van der Waals surface area (Å²) in [4.78, 5) is 14.6. The van der Waals surface area contributed by atoms with Crippen LogP contribution in [0.25, 0.3) is 0 Å². The molecule has 1 aliphatic rings. The van der Waals surface area contributed by atoms with E-state index >= 15 is 0 Å². The van der Waals surface area contributed by atoms with Gasteiger partial charge in [-0.3, -0.25) is 4.79 Å². The largest absolute Gasteiger partial charge is 0.333 e. The maximum absolute atomic E-state index is 12.6.